The highest BCUT2D eigenvalue weighted by Crippen LogP contribution is 2.34. The second-order valence-corrected chi connectivity index (χ2v) is 5.35. The van der Waals surface area contributed by atoms with Gasteiger partial charge in [0.2, 0.25) is 0 Å². The number of halogens is 1. The van der Waals surface area contributed by atoms with Crippen LogP contribution in [0, 0.1) is 5.82 Å². The van der Waals surface area contributed by atoms with Gasteiger partial charge in [-0.25, -0.2) is 14.0 Å². The van der Waals surface area contributed by atoms with Crippen LogP contribution < -0.4 is 10.2 Å². The molecule has 25 heavy (non-hydrogen) atoms. The van der Waals surface area contributed by atoms with E-state index in [4.69, 9.17) is 9.47 Å². The van der Waals surface area contributed by atoms with E-state index in [-0.39, 0.29) is 42.4 Å². The number of hydrogen-bond acceptors (Lipinski definition) is 7. The second-order valence-electron chi connectivity index (χ2n) is 5.35. The van der Waals surface area contributed by atoms with Crippen molar-refractivity contribution in [2.45, 2.75) is 6.54 Å². The maximum atomic E-state index is 14.0. The predicted octanol–water partition coefficient (Wildman–Crippen LogP) is 0.463. The molecule has 1 aromatic rings. The molecule has 0 bridgehead atoms. The van der Waals surface area contributed by atoms with E-state index in [0.29, 0.717) is 5.56 Å². The summed E-state index contributed by atoms with van der Waals surface area (Å²) in [6.45, 7) is -0.0976. The first-order chi connectivity index (χ1) is 12.0. The Morgan fingerprint density at radius 3 is 2.64 bits per heavy atom. The molecule has 0 spiro atoms. The molecule has 0 unspecified atom stereocenters. The van der Waals surface area contributed by atoms with Gasteiger partial charge in [0, 0.05) is 17.7 Å². The molecule has 0 atom stereocenters. The molecule has 1 N–H and O–H groups in total. The molecule has 132 valence electrons. The van der Waals surface area contributed by atoms with Crippen LogP contribution in [-0.4, -0.2) is 45.4 Å². The van der Waals surface area contributed by atoms with E-state index >= 15 is 0 Å². The first-order valence-electron chi connectivity index (χ1n) is 7.33. The topological polar surface area (TPSA) is 94.2 Å². The number of benzene rings is 1. The molecule has 2 aliphatic rings. The number of rotatable bonds is 3. The Bertz CT molecular complexity index is 804. The Kier molecular flexibility index (Phi) is 4.41. The zero-order valence-corrected chi connectivity index (χ0v) is 13.6. The van der Waals surface area contributed by atoms with Gasteiger partial charge in [-0.3, -0.25) is 4.79 Å². The maximum absolute atomic E-state index is 14.0. The second kappa shape index (κ2) is 6.52. The van der Waals surface area contributed by atoms with E-state index < -0.39 is 23.7 Å². The molecule has 0 aromatic heterocycles. The van der Waals surface area contributed by atoms with Gasteiger partial charge < -0.3 is 24.4 Å². The lowest BCUT2D eigenvalue weighted by atomic mass is 10.0. The highest BCUT2D eigenvalue weighted by molar-refractivity contribution is 6.05. The van der Waals surface area contributed by atoms with Crippen LogP contribution >= 0.6 is 0 Å². The third kappa shape index (κ3) is 2.82. The van der Waals surface area contributed by atoms with Crippen LogP contribution in [0.5, 0.6) is 0 Å². The van der Waals surface area contributed by atoms with Gasteiger partial charge in [0.15, 0.2) is 0 Å². The van der Waals surface area contributed by atoms with E-state index in [0.717, 1.165) is 6.07 Å². The van der Waals surface area contributed by atoms with Crippen LogP contribution in [0.1, 0.15) is 15.9 Å². The third-order valence-electron chi connectivity index (χ3n) is 3.99. The molecule has 0 radical (unpaired) electrons. The molecule has 2 heterocycles. The zero-order valence-electron chi connectivity index (χ0n) is 13.6. The summed E-state index contributed by atoms with van der Waals surface area (Å²) in [7, 11) is 2.34. The average molecular weight is 350 g/mol. The van der Waals surface area contributed by atoms with Crippen molar-refractivity contribution >= 4 is 23.5 Å². The summed E-state index contributed by atoms with van der Waals surface area (Å²) in [5, 5.41) is 2.60. The smallest absolute Gasteiger partial charge is 0.355 e. The third-order valence-corrected chi connectivity index (χ3v) is 3.99. The maximum Gasteiger partial charge on any atom is 0.355 e. The molecule has 0 fully saturated rings. The summed E-state index contributed by atoms with van der Waals surface area (Å²) in [6, 6.07) is 2.29. The van der Waals surface area contributed by atoms with Gasteiger partial charge in [0.25, 0.3) is 5.91 Å². The Hall–Kier alpha value is -2.94. The van der Waals surface area contributed by atoms with Crippen LogP contribution in [0.4, 0.5) is 10.1 Å². The lowest BCUT2D eigenvalue weighted by Crippen LogP contribution is -2.39. The van der Waals surface area contributed by atoms with E-state index in [9.17, 15) is 18.8 Å². The van der Waals surface area contributed by atoms with Crippen LogP contribution in [0.2, 0.25) is 0 Å². The summed E-state index contributed by atoms with van der Waals surface area (Å²) in [5.41, 5.74) is 0.769. The van der Waals surface area contributed by atoms with Gasteiger partial charge in [-0.05, 0) is 12.1 Å². The van der Waals surface area contributed by atoms with Crippen molar-refractivity contribution in [1.29, 1.82) is 0 Å². The molecule has 2 aliphatic heterocycles. The van der Waals surface area contributed by atoms with Crippen molar-refractivity contribution in [2.24, 2.45) is 0 Å². The van der Waals surface area contributed by atoms with E-state index in [1.54, 1.807) is 0 Å². The number of carbonyl (C=O) groups is 3. The minimum atomic E-state index is -0.793. The van der Waals surface area contributed by atoms with E-state index in [1.807, 2.05) is 0 Å². The summed E-state index contributed by atoms with van der Waals surface area (Å²) in [5.74, 6) is -2.61. The molecular formula is C16H15FN2O6. The Morgan fingerprint density at radius 1 is 1.24 bits per heavy atom. The molecule has 8 nitrogen and oxygen atoms in total. The van der Waals surface area contributed by atoms with Gasteiger partial charge >= 0.3 is 11.9 Å². The number of hydrogen-bond donors (Lipinski definition) is 1. The van der Waals surface area contributed by atoms with Gasteiger partial charge in [0.05, 0.1) is 32.1 Å². The Labute approximate surface area is 142 Å². The molecule has 1 amide bonds. The molecular weight excluding hydrogens is 335 g/mol. The molecule has 1 aromatic carbocycles. The van der Waals surface area contributed by atoms with Crippen LogP contribution in [0.25, 0.3) is 0 Å². The average Bonchev–Trinajstić information content (AvgIpc) is 3.00. The van der Waals surface area contributed by atoms with Gasteiger partial charge in [-0.15, -0.1) is 0 Å². The van der Waals surface area contributed by atoms with Crippen molar-refractivity contribution in [3.05, 3.63) is 40.3 Å². The number of esters is 2. The fraction of sp³-hybridized carbons (Fsp3) is 0.312. The molecule has 3 rings (SSSR count). The fourth-order valence-electron chi connectivity index (χ4n) is 2.85. The van der Waals surface area contributed by atoms with Crippen LogP contribution in [-0.2, 0) is 30.3 Å². The number of nitrogens with zero attached hydrogens (tertiary/aromatic N) is 1. The highest BCUT2D eigenvalue weighted by Gasteiger charge is 2.35. The SMILES string of the molecule is COC(=O)C1=C(C(=O)OC)N(c2cc(F)cc3c2CNC3=O)COC1. The van der Waals surface area contributed by atoms with Crippen molar-refractivity contribution < 1.29 is 33.0 Å². The van der Waals surface area contributed by atoms with Gasteiger partial charge in [-0.1, -0.05) is 0 Å². The van der Waals surface area contributed by atoms with Crippen LogP contribution in [0.3, 0.4) is 0 Å². The first-order valence-corrected chi connectivity index (χ1v) is 7.33. The van der Waals surface area contributed by atoms with Crippen molar-refractivity contribution in [3.63, 3.8) is 0 Å². The first kappa shape index (κ1) is 16.9. The molecule has 0 saturated carbocycles. The lowest BCUT2D eigenvalue weighted by Gasteiger charge is -2.32. The standard InChI is InChI=1S/C16H15FN2O6/c1-23-15(21)11-6-25-7-19(13(11)16(22)24-2)12-4-8(17)3-9-10(12)5-18-14(9)20/h3-4H,5-7H2,1-2H3,(H,18,20). The minimum absolute atomic E-state index is 0.0455. The summed E-state index contributed by atoms with van der Waals surface area (Å²) in [6.07, 6.45) is 0. The van der Waals surface area contributed by atoms with Gasteiger partial charge in [-0.2, -0.15) is 0 Å². The number of carbonyl (C=O) groups excluding carboxylic acids is 3. The van der Waals surface area contributed by atoms with Crippen molar-refractivity contribution in [3.8, 4) is 0 Å². The Morgan fingerprint density at radius 2 is 1.96 bits per heavy atom. The largest absolute Gasteiger partial charge is 0.466 e. The summed E-state index contributed by atoms with van der Waals surface area (Å²) >= 11 is 0. The predicted molar refractivity (Wildman–Crippen MR) is 81.9 cm³/mol. The molecule has 0 aliphatic carbocycles. The van der Waals surface area contributed by atoms with Crippen molar-refractivity contribution in [2.75, 3.05) is 32.5 Å². The number of amides is 1. The molecule has 9 heteroatoms. The number of fused-ring (bicyclic) bond motifs is 1. The normalized spacial score (nSPS) is 16.4. The number of ether oxygens (including phenoxy) is 3. The number of nitrogens with one attached hydrogen (secondary N) is 1. The van der Waals surface area contributed by atoms with Gasteiger partial charge in [0.1, 0.15) is 18.2 Å². The van der Waals surface area contributed by atoms with Crippen LogP contribution in [0.15, 0.2) is 23.4 Å². The summed E-state index contributed by atoms with van der Waals surface area (Å²) in [4.78, 5) is 37.4. The molecule has 0 saturated heterocycles. The minimum Gasteiger partial charge on any atom is -0.466 e. The number of methoxy groups -OCH3 is 2. The fourth-order valence-corrected chi connectivity index (χ4v) is 2.85. The van der Waals surface area contributed by atoms with E-state index in [1.165, 1.54) is 25.2 Å². The van der Waals surface area contributed by atoms with Crippen molar-refractivity contribution in [1.82, 2.24) is 5.32 Å². The number of anilines is 1. The summed E-state index contributed by atoms with van der Waals surface area (Å²) < 4.78 is 28.8. The Balaban J connectivity index is 2.19. The zero-order chi connectivity index (χ0) is 18.1. The van der Waals surface area contributed by atoms with E-state index in [2.05, 4.69) is 10.1 Å². The lowest BCUT2D eigenvalue weighted by molar-refractivity contribution is -0.140. The highest BCUT2D eigenvalue weighted by atomic mass is 19.1. The monoisotopic (exact) mass is 350 g/mol. The quantitative estimate of drug-likeness (QED) is 0.792.